The van der Waals surface area contributed by atoms with Crippen molar-refractivity contribution in [3.8, 4) is 0 Å². The minimum absolute atomic E-state index is 0.120. The van der Waals surface area contributed by atoms with E-state index in [2.05, 4.69) is 35.7 Å². The van der Waals surface area contributed by atoms with E-state index in [1.807, 2.05) is 24.3 Å². The first kappa shape index (κ1) is 16.9. The Balaban J connectivity index is 1.36. The Bertz CT molecular complexity index is 910. The molecular formula is C17H19N9O. The summed E-state index contributed by atoms with van der Waals surface area (Å²) in [6.07, 6.45) is 4.25. The zero-order valence-corrected chi connectivity index (χ0v) is 14.6. The third-order valence-corrected chi connectivity index (χ3v) is 4.43. The number of nitrogens with zero attached hydrogens (tertiary/aromatic N) is 7. The van der Waals surface area contributed by atoms with E-state index in [4.69, 9.17) is 5.73 Å². The molecule has 3 aromatic rings. The molecule has 4 heterocycles. The number of hydrogen-bond acceptors (Lipinski definition) is 8. The van der Waals surface area contributed by atoms with Crippen LogP contribution in [0.3, 0.4) is 0 Å². The summed E-state index contributed by atoms with van der Waals surface area (Å²) in [6, 6.07) is 9.26. The number of nitrogen functional groups attached to an aromatic ring is 1. The Morgan fingerprint density at radius 2 is 2.15 bits per heavy atom. The summed E-state index contributed by atoms with van der Waals surface area (Å²) >= 11 is 0. The molecule has 0 spiro atoms. The van der Waals surface area contributed by atoms with E-state index >= 15 is 0 Å². The van der Waals surface area contributed by atoms with Gasteiger partial charge in [-0.1, -0.05) is 11.3 Å². The summed E-state index contributed by atoms with van der Waals surface area (Å²) < 4.78 is 1.74. The Labute approximate surface area is 155 Å². The molecule has 1 unspecified atom stereocenters. The first-order chi connectivity index (χ1) is 13.2. The van der Waals surface area contributed by atoms with Gasteiger partial charge in [-0.3, -0.25) is 9.78 Å². The number of carbonyl (C=O) groups is 1. The van der Waals surface area contributed by atoms with Crippen molar-refractivity contribution in [1.29, 1.82) is 0 Å². The molecule has 27 heavy (non-hydrogen) atoms. The van der Waals surface area contributed by atoms with Crippen molar-refractivity contribution >= 4 is 17.5 Å². The highest BCUT2D eigenvalue weighted by atomic mass is 16.2. The molecule has 138 valence electrons. The quantitative estimate of drug-likeness (QED) is 0.666. The molecule has 3 N–H and O–H groups in total. The number of hydrogen-bond donors (Lipinski definition) is 2. The highest BCUT2D eigenvalue weighted by Crippen LogP contribution is 2.24. The number of nitrogens with two attached hydrogens (primary N) is 1. The lowest BCUT2D eigenvalue weighted by atomic mass is 10.3. The van der Waals surface area contributed by atoms with Gasteiger partial charge in [-0.2, -0.15) is 0 Å². The molecule has 1 atom stereocenters. The second-order valence-electron chi connectivity index (χ2n) is 6.29. The average Bonchev–Trinajstić information content (AvgIpc) is 3.37. The van der Waals surface area contributed by atoms with Crippen LogP contribution in [0.1, 0.15) is 28.6 Å². The van der Waals surface area contributed by atoms with Crippen LogP contribution in [0.5, 0.6) is 0 Å². The summed E-state index contributed by atoms with van der Waals surface area (Å²) in [5.41, 5.74) is 6.66. The molecular weight excluding hydrogens is 346 g/mol. The molecule has 0 aliphatic carbocycles. The normalized spacial score (nSPS) is 16.4. The van der Waals surface area contributed by atoms with E-state index in [9.17, 15) is 4.79 Å². The SMILES string of the molecule is Nc1ccc(N2CCC(n3cc(C(=O)NCc4ccccn4)nn3)C2)nn1. The summed E-state index contributed by atoms with van der Waals surface area (Å²) in [4.78, 5) is 18.6. The number of nitrogens with one attached hydrogen (secondary N) is 1. The highest BCUT2D eigenvalue weighted by molar-refractivity contribution is 5.91. The van der Waals surface area contributed by atoms with Crippen LogP contribution < -0.4 is 16.0 Å². The standard InChI is InChI=1S/C17H19N9O/c18-15-4-5-16(23-22-15)25-8-6-13(10-25)26-11-14(21-24-26)17(27)20-9-12-3-1-2-7-19-12/h1-5,7,11,13H,6,8-10H2,(H2,18,22)(H,20,27). The number of pyridine rings is 1. The summed E-state index contributed by atoms with van der Waals surface area (Å²) in [7, 11) is 0. The fourth-order valence-electron chi connectivity index (χ4n) is 2.99. The van der Waals surface area contributed by atoms with E-state index in [0.29, 0.717) is 12.4 Å². The average molecular weight is 365 g/mol. The van der Waals surface area contributed by atoms with Crippen molar-refractivity contribution in [2.45, 2.75) is 19.0 Å². The van der Waals surface area contributed by atoms with Gasteiger partial charge in [-0.25, -0.2) is 4.68 Å². The fraction of sp³-hybridized carbons (Fsp3) is 0.294. The van der Waals surface area contributed by atoms with Gasteiger partial charge in [0.25, 0.3) is 5.91 Å². The number of aromatic nitrogens is 6. The summed E-state index contributed by atoms with van der Waals surface area (Å²) in [6.45, 7) is 1.89. The Hall–Kier alpha value is -3.56. The maximum Gasteiger partial charge on any atom is 0.273 e. The van der Waals surface area contributed by atoms with Crippen molar-refractivity contribution in [1.82, 2.24) is 35.5 Å². The van der Waals surface area contributed by atoms with Gasteiger partial charge in [-0.05, 0) is 30.7 Å². The lowest BCUT2D eigenvalue weighted by Gasteiger charge is -2.16. The molecule has 1 fully saturated rings. The second kappa shape index (κ2) is 7.36. The maximum atomic E-state index is 12.3. The lowest BCUT2D eigenvalue weighted by Crippen LogP contribution is -2.24. The molecule has 0 aromatic carbocycles. The van der Waals surface area contributed by atoms with Crippen molar-refractivity contribution < 1.29 is 4.79 Å². The monoisotopic (exact) mass is 365 g/mol. The molecule has 0 bridgehead atoms. The van der Waals surface area contributed by atoms with Crippen LogP contribution in [0.4, 0.5) is 11.6 Å². The van der Waals surface area contributed by atoms with Crippen LogP contribution in [-0.4, -0.2) is 49.2 Å². The number of amides is 1. The maximum absolute atomic E-state index is 12.3. The molecule has 10 heteroatoms. The largest absolute Gasteiger partial charge is 0.382 e. The minimum Gasteiger partial charge on any atom is -0.382 e. The van der Waals surface area contributed by atoms with E-state index in [0.717, 1.165) is 31.0 Å². The lowest BCUT2D eigenvalue weighted by molar-refractivity contribution is 0.0945. The number of carbonyl (C=O) groups excluding carboxylic acids is 1. The molecule has 0 saturated carbocycles. The minimum atomic E-state index is -0.272. The predicted octanol–water partition coefficient (Wildman–Crippen LogP) is 0.427. The van der Waals surface area contributed by atoms with Crippen LogP contribution in [0, 0.1) is 0 Å². The third kappa shape index (κ3) is 3.84. The number of rotatable bonds is 5. The topological polar surface area (TPSA) is 128 Å². The van der Waals surface area contributed by atoms with Crippen LogP contribution in [0.25, 0.3) is 0 Å². The van der Waals surface area contributed by atoms with Gasteiger partial charge in [0.05, 0.1) is 24.5 Å². The van der Waals surface area contributed by atoms with Gasteiger partial charge in [0.15, 0.2) is 11.5 Å². The zero-order chi connectivity index (χ0) is 18.6. The first-order valence-corrected chi connectivity index (χ1v) is 8.63. The molecule has 1 amide bonds. The Kier molecular flexibility index (Phi) is 4.60. The van der Waals surface area contributed by atoms with Crippen molar-refractivity contribution in [3.05, 3.63) is 54.1 Å². The van der Waals surface area contributed by atoms with Crippen molar-refractivity contribution in [2.24, 2.45) is 0 Å². The zero-order valence-electron chi connectivity index (χ0n) is 14.6. The summed E-state index contributed by atoms with van der Waals surface area (Å²) in [5.74, 6) is 0.901. The fourth-order valence-corrected chi connectivity index (χ4v) is 2.99. The highest BCUT2D eigenvalue weighted by Gasteiger charge is 2.26. The first-order valence-electron chi connectivity index (χ1n) is 8.63. The van der Waals surface area contributed by atoms with Gasteiger partial charge in [-0.15, -0.1) is 15.3 Å². The molecule has 1 aliphatic heterocycles. The van der Waals surface area contributed by atoms with E-state index < -0.39 is 0 Å². The molecule has 0 radical (unpaired) electrons. The molecule has 1 aliphatic rings. The van der Waals surface area contributed by atoms with Crippen molar-refractivity contribution in [2.75, 3.05) is 23.7 Å². The third-order valence-electron chi connectivity index (χ3n) is 4.43. The van der Waals surface area contributed by atoms with Crippen molar-refractivity contribution in [3.63, 3.8) is 0 Å². The van der Waals surface area contributed by atoms with Crippen LogP contribution >= 0.6 is 0 Å². The van der Waals surface area contributed by atoms with Gasteiger partial charge in [0.1, 0.15) is 5.82 Å². The Morgan fingerprint density at radius 3 is 2.93 bits per heavy atom. The van der Waals surface area contributed by atoms with E-state index in [-0.39, 0.29) is 17.6 Å². The van der Waals surface area contributed by atoms with Crippen LogP contribution in [0.15, 0.2) is 42.7 Å². The predicted molar refractivity (Wildman–Crippen MR) is 97.7 cm³/mol. The van der Waals surface area contributed by atoms with Gasteiger partial charge in [0, 0.05) is 19.3 Å². The second-order valence-corrected chi connectivity index (χ2v) is 6.29. The van der Waals surface area contributed by atoms with Gasteiger partial charge in [0.2, 0.25) is 0 Å². The molecule has 1 saturated heterocycles. The molecule has 3 aromatic heterocycles. The smallest absolute Gasteiger partial charge is 0.273 e. The van der Waals surface area contributed by atoms with E-state index in [1.54, 1.807) is 23.1 Å². The molecule has 4 rings (SSSR count). The Morgan fingerprint density at radius 1 is 1.22 bits per heavy atom. The van der Waals surface area contributed by atoms with Crippen LogP contribution in [0.2, 0.25) is 0 Å². The molecule has 10 nitrogen and oxygen atoms in total. The van der Waals surface area contributed by atoms with Gasteiger partial charge < -0.3 is 16.0 Å². The van der Waals surface area contributed by atoms with E-state index in [1.165, 1.54) is 0 Å². The van der Waals surface area contributed by atoms with Gasteiger partial charge >= 0.3 is 0 Å². The van der Waals surface area contributed by atoms with Crippen LogP contribution in [-0.2, 0) is 6.54 Å². The summed E-state index contributed by atoms with van der Waals surface area (Å²) in [5, 5.41) is 18.9. The number of anilines is 2.